The molecule has 1 aromatic rings. The predicted molar refractivity (Wildman–Crippen MR) is 60.7 cm³/mol. The standard InChI is InChI=1S/C11H15N3O4/c15-10(16)9-3-1-2-6-14(9)11(17)12-7-8-4-5-13-18-8/h4-5,9H,1-3,6-7H2,(H,12,17)(H,15,16). The molecule has 7 heteroatoms. The number of carboxylic acid groups (broad SMARTS) is 1. The van der Waals surface area contributed by atoms with Crippen LogP contribution in [0.5, 0.6) is 0 Å². The molecule has 0 aromatic carbocycles. The van der Waals surface area contributed by atoms with Gasteiger partial charge in [0.05, 0.1) is 12.7 Å². The van der Waals surface area contributed by atoms with Gasteiger partial charge in [-0.2, -0.15) is 0 Å². The molecule has 2 heterocycles. The van der Waals surface area contributed by atoms with E-state index in [0.29, 0.717) is 18.7 Å². The van der Waals surface area contributed by atoms with Gasteiger partial charge in [-0.25, -0.2) is 9.59 Å². The average molecular weight is 253 g/mol. The molecule has 0 aliphatic carbocycles. The van der Waals surface area contributed by atoms with Crippen molar-refractivity contribution in [3.63, 3.8) is 0 Å². The van der Waals surface area contributed by atoms with E-state index in [2.05, 4.69) is 10.5 Å². The molecular weight excluding hydrogens is 238 g/mol. The van der Waals surface area contributed by atoms with Gasteiger partial charge in [-0.15, -0.1) is 0 Å². The van der Waals surface area contributed by atoms with Crippen LogP contribution < -0.4 is 5.32 Å². The van der Waals surface area contributed by atoms with E-state index >= 15 is 0 Å². The molecule has 2 rings (SSSR count). The van der Waals surface area contributed by atoms with Gasteiger partial charge in [0.15, 0.2) is 5.76 Å². The highest BCUT2D eigenvalue weighted by Crippen LogP contribution is 2.17. The highest BCUT2D eigenvalue weighted by molar-refractivity contribution is 5.82. The van der Waals surface area contributed by atoms with Crippen LogP contribution in [0, 0.1) is 0 Å². The summed E-state index contributed by atoms with van der Waals surface area (Å²) in [4.78, 5) is 24.3. The third-order valence-electron chi connectivity index (χ3n) is 2.95. The van der Waals surface area contributed by atoms with Crippen LogP contribution in [0.1, 0.15) is 25.0 Å². The van der Waals surface area contributed by atoms with E-state index in [-0.39, 0.29) is 12.6 Å². The summed E-state index contributed by atoms with van der Waals surface area (Å²) in [6.07, 6.45) is 3.66. The quantitative estimate of drug-likeness (QED) is 0.831. The van der Waals surface area contributed by atoms with E-state index in [1.54, 1.807) is 6.07 Å². The number of urea groups is 1. The van der Waals surface area contributed by atoms with Gasteiger partial charge in [0.1, 0.15) is 6.04 Å². The van der Waals surface area contributed by atoms with Crippen LogP contribution in [-0.4, -0.2) is 39.8 Å². The highest BCUT2D eigenvalue weighted by Gasteiger charge is 2.31. The maximum absolute atomic E-state index is 11.9. The Bertz CT molecular complexity index is 418. The zero-order valence-electron chi connectivity index (χ0n) is 9.83. The number of hydrogen-bond acceptors (Lipinski definition) is 4. The van der Waals surface area contributed by atoms with Crippen LogP contribution in [0.4, 0.5) is 4.79 Å². The summed E-state index contributed by atoms with van der Waals surface area (Å²) in [5, 5.41) is 15.2. The zero-order valence-corrected chi connectivity index (χ0v) is 9.83. The van der Waals surface area contributed by atoms with Crippen molar-refractivity contribution in [2.45, 2.75) is 31.8 Å². The number of hydrogen-bond donors (Lipinski definition) is 2. The second-order valence-electron chi connectivity index (χ2n) is 4.18. The van der Waals surface area contributed by atoms with Crippen LogP contribution in [0.15, 0.2) is 16.8 Å². The van der Waals surface area contributed by atoms with Crippen LogP contribution in [-0.2, 0) is 11.3 Å². The summed E-state index contributed by atoms with van der Waals surface area (Å²) < 4.78 is 4.85. The minimum Gasteiger partial charge on any atom is -0.480 e. The summed E-state index contributed by atoms with van der Waals surface area (Å²) >= 11 is 0. The molecule has 1 unspecified atom stereocenters. The Morgan fingerprint density at radius 1 is 1.56 bits per heavy atom. The molecule has 0 bridgehead atoms. The number of carbonyl (C=O) groups is 2. The molecule has 0 spiro atoms. The molecule has 98 valence electrons. The number of aliphatic carboxylic acids is 1. The van der Waals surface area contributed by atoms with E-state index in [1.165, 1.54) is 11.1 Å². The van der Waals surface area contributed by atoms with Crippen molar-refractivity contribution in [3.05, 3.63) is 18.0 Å². The summed E-state index contributed by atoms with van der Waals surface area (Å²) in [6, 6.07) is 0.539. The fourth-order valence-corrected chi connectivity index (χ4v) is 2.03. The lowest BCUT2D eigenvalue weighted by Gasteiger charge is -2.32. The van der Waals surface area contributed by atoms with E-state index in [1.807, 2.05) is 0 Å². The first-order valence-corrected chi connectivity index (χ1v) is 5.85. The van der Waals surface area contributed by atoms with Gasteiger partial charge in [0, 0.05) is 12.6 Å². The topological polar surface area (TPSA) is 95.7 Å². The molecule has 0 saturated carbocycles. The lowest BCUT2D eigenvalue weighted by molar-refractivity contribution is -0.143. The van der Waals surface area contributed by atoms with Crippen molar-refractivity contribution in [1.82, 2.24) is 15.4 Å². The van der Waals surface area contributed by atoms with Crippen molar-refractivity contribution in [2.75, 3.05) is 6.54 Å². The molecule has 2 N–H and O–H groups in total. The Kier molecular flexibility index (Phi) is 3.81. The Balaban J connectivity index is 1.92. The van der Waals surface area contributed by atoms with Crippen molar-refractivity contribution < 1.29 is 19.2 Å². The highest BCUT2D eigenvalue weighted by atomic mass is 16.5. The first kappa shape index (κ1) is 12.4. The fraction of sp³-hybridized carbons (Fsp3) is 0.545. The minimum atomic E-state index is -0.954. The summed E-state index contributed by atoms with van der Waals surface area (Å²) in [5.41, 5.74) is 0. The molecular formula is C11H15N3O4. The van der Waals surface area contributed by atoms with Gasteiger partial charge >= 0.3 is 12.0 Å². The Morgan fingerprint density at radius 3 is 3.06 bits per heavy atom. The number of nitrogens with one attached hydrogen (secondary N) is 1. The minimum absolute atomic E-state index is 0.210. The van der Waals surface area contributed by atoms with E-state index in [0.717, 1.165) is 12.8 Å². The molecule has 18 heavy (non-hydrogen) atoms. The maximum Gasteiger partial charge on any atom is 0.326 e. The monoisotopic (exact) mass is 253 g/mol. The zero-order chi connectivity index (χ0) is 13.0. The van der Waals surface area contributed by atoms with E-state index in [4.69, 9.17) is 9.63 Å². The molecule has 0 radical (unpaired) electrons. The molecule has 1 aliphatic heterocycles. The molecule has 1 aromatic heterocycles. The second kappa shape index (κ2) is 5.52. The third kappa shape index (κ3) is 2.79. The number of rotatable bonds is 3. The van der Waals surface area contributed by atoms with Crippen molar-refractivity contribution >= 4 is 12.0 Å². The van der Waals surface area contributed by atoms with Crippen LogP contribution in [0.2, 0.25) is 0 Å². The Hall–Kier alpha value is -2.05. The molecule has 7 nitrogen and oxygen atoms in total. The molecule has 1 fully saturated rings. The van der Waals surface area contributed by atoms with E-state index < -0.39 is 12.0 Å². The molecule has 1 saturated heterocycles. The summed E-state index contributed by atoms with van der Waals surface area (Å²) in [5.74, 6) is -0.420. The number of piperidine rings is 1. The first-order chi connectivity index (χ1) is 8.68. The van der Waals surface area contributed by atoms with Crippen LogP contribution in [0.3, 0.4) is 0 Å². The number of nitrogens with zero attached hydrogens (tertiary/aromatic N) is 2. The SMILES string of the molecule is O=C(O)C1CCCCN1C(=O)NCc1ccno1. The Labute approximate surface area is 104 Å². The van der Waals surface area contributed by atoms with Gasteiger partial charge in [0.25, 0.3) is 0 Å². The number of carboxylic acids is 1. The van der Waals surface area contributed by atoms with Crippen molar-refractivity contribution in [1.29, 1.82) is 0 Å². The lowest BCUT2D eigenvalue weighted by Crippen LogP contribution is -2.51. The lowest BCUT2D eigenvalue weighted by atomic mass is 10.0. The number of aromatic nitrogens is 1. The molecule has 1 aliphatic rings. The largest absolute Gasteiger partial charge is 0.480 e. The number of likely N-dealkylation sites (tertiary alicyclic amines) is 1. The van der Waals surface area contributed by atoms with Gasteiger partial charge in [-0.1, -0.05) is 5.16 Å². The van der Waals surface area contributed by atoms with Gasteiger partial charge in [-0.3, -0.25) is 0 Å². The summed E-state index contributed by atoms with van der Waals surface area (Å²) in [6.45, 7) is 0.681. The smallest absolute Gasteiger partial charge is 0.326 e. The Morgan fingerprint density at radius 2 is 2.39 bits per heavy atom. The van der Waals surface area contributed by atoms with Gasteiger partial charge in [0.2, 0.25) is 0 Å². The van der Waals surface area contributed by atoms with Crippen molar-refractivity contribution in [3.8, 4) is 0 Å². The maximum atomic E-state index is 11.9. The predicted octanol–water partition coefficient (Wildman–Crippen LogP) is 0.823. The average Bonchev–Trinajstić information content (AvgIpc) is 2.89. The van der Waals surface area contributed by atoms with Gasteiger partial charge < -0.3 is 19.8 Å². The normalized spacial score (nSPS) is 19.6. The fourth-order valence-electron chi connectivity index (χ4n) is 2.03. The number of carbonyl (C=O) groups excluding carboxylic acids is 1. The molecule has 1 atom stereocenters. The first-order valence-electron chi connectivity index (χ1n) is 5.85. The molecule has 2 amide bonds. The van der Waals surface area contributed by atoms with Crippen molar-refractivity contribution in [2.24, 2.45) is 0 Å². The number of amides is 2. The third-order valence-corrected chi connectivity index (χ3v) is 2.95. The van der Waals surface area contributed by atoms with E-state index in [9.17, 15) is 9.59 Å². The van der Waals surface area contributed by atoms with Crippen LogP contribution in [0.25, 0.3) is 0 Å². The summed E-state index contributed by atoms with van der Waals surface area (Å²) in [7, 11) is 0. The second-order valence-corrected chi connectivity index (χ2v) is 4.18. The van der Waals surface area contributed by atoms with Gasteiger partial charge in [-0.05, 0) is 19.3 Å². The van der Waals surface area contributed by atoms with Crippen LogP contribution >= 0.6 is 0 Å².